The number of hydrogen-bond donors (Lipinski definition) is 0. The Balaban J connectivity index is 1.53. The van der Waals surface area contributed by atoms with Gasteiger partial charge in [0.05, 0.1) is 19.8 Å². The summed E-state index contributed by atoms with van der Waals surface area (Å²) in [7, 11) is 0. The van der Waals surface area contributed by atoms with Crippen LogP contribution in [0.4, 0.5) is 0 Å². The van der Waals surface area contributed by atoms with Crippen LogP contribution in [0.3, 0.4) is 0 Å². The fraction of sp³-hybridized carbons (Fsp3) is 0.161. The number of halogens is 1. The van der Waals surface area contributed by atoms with Crippen molar-refractivity contribution in [1.82, 2.24) is 0 Å². The molecule has 1 unspecified atom stereocenters. The predicted octanol–water partition coefficient (Wildman–Crippen LogP) is 7.83. The van der Waals surface area contributed by atoms with Gasteiger partial charge in [0.15, 0.2) is 0 Å². The highest BCUT2D eigenvalue weighted by Gasteiger charge is 2.18. The van der Waals surface area contributed by atoms with Gasteiger partial charge < -0.3 is 9.47 Å². The number of benzene rings is 4. The maximum Gasteiger partial charge on any atom is 0.135 e. The van der Waals surface area contributed by atoms with Gasteiger partial charge in [-0.15, -0.1) is 0 Å². The summed E-state index contributed by atoms with van der Waals surface area (Å²) in [5.74, 6) is 0. The molecule has 4 rings (SSSR count). The molecule has 1 atom stereocenters. The summed E-state index contributed by atoms with van der Waals surface area (Å²) in [4.78, 5) is 0. The van der Waals surface area contributed by atoms with Crippen LogP contribution in [-0.2, 0) is 16.1 Å². The monoisotopic (exact) mass is 468 g/mol. The molecule has 0 aliphatic heterocycles. The van der Waals surface area contributed by atoms with Gasteiger partial charge in [-0.1, -0.05) is 133 Å². The van der Waals surface area contributed by atoms with Crippen LogP contribution in [0.15, 0.2) is 121 Å². The molecule has 0 saturated heterocycles. The van der Waals surface area contributed by atoms with Crippen LogP contribution in [0.25, 0.3) is 11.1 Å². The third kappa shape index (κ3) is 6.91. The van der Waals surface area contributed by atoms with E-state index in [1.807, 2.05) is 36.4 Å². The van der Waals surface area contributed by atoms with Gasteiger partial charge in [0.25, 0.3) is 0 Å². The predicted molar refractivity (Wildman–Crippen MR) is 142 cm³/mol. The standard InChI is InChI=1S/C31H29ClO2/c32-30(34-22-21-33-24-25-13-5-1-6-14-25)23-29(26-15-7-2-8-16-26)31(27-17-9-3-10-18-27)28-19-11-4-12-20-28/h1-20,30H,21-24H2. The molecule has 0 saturated carbocycles. The molecule has 4 aromatic carbocycles. The molecule has 172 valence electrons. The molecule has 0 aliphatic carbocycles. The van der Waals surface area contributed by atoms with Gasteiger partial charge in [0.2, 0.25) is 0 Å². The third-order valence-electron chi connectivity index (χ3n) is 5.55. The van der Waals surface area contributed by atoms with Crippen molar-refractivity contribution >= 4 is 22.7 Å². The molecule has 4 aromatic rings. The Morgan fingerprint density at radius 1 is 0.588 bits per heavy atom. The first-order valence-electron chi connectivity index (χ1n) is 11.6. The molecular formula is C31H29ClO2. The van der Waals surface area contributed by atoms with E-state index in [4.69, 9.17) is 21.1 Å². The van der Waals surface area contributed by atoms with Crippen molar-refractivity contribution in [3.05, 3.63) is 144 Å². The Morgan fingerprint density at radius 2 is 1.06 bits per heavy atom. The number of alkyl halides is 1. The summed E-state index contributed by atoms with van der Waals surface area (Å²) in [6.45, 7) is 1.50. The summed E-state index contributed by atoms with van der Waals surface area (Å²) in [6, 6.07) is 41.5. The van der Waals surface area contributed by atoms with E-state index >= 15 is 0 Å². The molecule has 0 fully saturated rings. The highest BCUT2D eigenvalue weighted by molar-refractivity contribution is 6.20. The first kappa shape index (κ1) is 24.0. The van der Waals surface area contributed by atoms with Gasteiger partial charge >= 0.3 is 0 Å². The summed E-state index contributed by atoms with van der Waals surface area (Å²) in [5.41, 5.74) is 6.45. The van der Waals surface area contributed by atoms with Gasteiger partial charge in [0, 0.05) is 6.42 Å². The number of rotatable bonds is 11. The minimum atomic E-state index is -0.474. The zero-order chi connectivity index (χ0) is 23.4. The SMILES string of the molecule is ClC(CC(=C(c1ccccc1)c1ccccc1)c1ccccc1)OCCOCc1ccccc1. The summed E-state index contributed by atoms with van der Waals surface area (Å²) >= 11 is 6.73. The van der Waals surface area contributed by atoms with Crippen LogP contribution in [0.5, 0.6) is 0 Å². The van der Waals surface area contributed by atoms with E-state index in [0.717, 1.165) is 27.8 Å². The smallest absolute Gasteiger partial charge is 0.135 e. The quantitative estimate of drug-likeness (QED) is 0.127. The largest absolute Gasteiger partial charge is 0.374 e. The Labute approximate surface area is 207 Å². The van der Waals surface area contributed by atoms with Gasteiger partial charge in [0.1, 0.15) is 5.56 Å². The van der Waals surface area contributed by atoms with Crippen LogP contribution in [0.1, 0.15) is 28.7 Å². The number of hydrogen-bond acceptors (Lipinski definition) is 2. The Kier molecular flexibility index (Phi) is 9.10. The van der Waals surface area contributed by atoms with Crippen LogP contribution < -0.4 is 0 Å². The van der Waals surface area contributed by atoms with Crippen LogP contribution in [0.2, 0.25) is 0 Å². The first-order valence-corrected chi connectivity index (χ1v) is 12.0. The molecule has 0 aliphatic rings. The van der Waals surface area contributed by atoms with E-state index in [9.17, 15) is 0 Å². The van der Waals surface area contributed by atoms with Crippen molar-refractivity contribution in [2.45, 2.75) is 18.6 Å². The fourth-order valence-corrected chi connectivity index (χ4v) is 4.19. The molecule has 0 heterocycles. The average Bonchev–Trinajstić information content (AvgIpc) is 2.90. The molecule has 0 amide bonds. The maximum absolute atomic E-state index is 6.73. The number of ether oxygens (including phenoxy) is 2. The van der Waals surface area contributed by atoms with Gasteiger partial charge in [-0.25, -0.2) is 0 Å². The van der Waals surface area contributed by atoms with Gasteiger partial charge in [-0.2, -0.15) is 0 Å². The first-order chi connectivity index (χ1) is 16.8. The lowest BCUT2D eigenvalue weighted by Crippen LogP contribution is -2.12. The zero-order valence-corrected chi connectivity index (χ0v) is 19.9. The molecule has 0 N–H and O–H groups in total. The Bertz CT molecular complexity index is 1100. The molecule has 3 heteroatoms. The summed E-state index contributed by atoms with van der Waals surface area (Å²) in [6.07, 6.45) is 0.573. The van der Waals surface area contributed by atoms with E-state index < -0.39 is 5.56 Å². The molecule has 0 aromatic heterocycles. The molecule has 0 spiro atoms. The molecule has 34 heavy (non-hydrogen) atoms. The lowest BCUT2D eigenvalue weighted by molar-refractivity contribution is 0.0301. The second kappa shape index (κ2) is 12.9. The molecule has 0 radical (unpaired) electrons. The highest BCUT2D eigenvalue weighted by atomic mass is 35.5. The Hall–Kier alpha value is -3.17. The minimum Gasteiger partial charge on any atom is -0.374 e. The van der Waals surface area contributed by atoms with Crippen molar-refractivity contribution in [3.63, 3.8) is 0 Å². The van der Waals surface area contributed by atoms with Crippen LogP contribution >= 0.6 is 11.6 Å². The van der Waals surface area contributed by atoms with Crippen molar-refractivity contribution in [3.8, 4) is 0 Å². The lowest BCUT2D eigenvalue weighted by atomic mass is 9.88. The minimum absolute atomic E-state index is 0.440. The highest BCUT2D eigenvalue weighted by Crippen LogP contribution is 2.36. The summed E-state index contributed by atoms with van der Waals surface area (Å²) < 4.78 is 11.7. The van der Waals surface area contributed by atoms with Gasteiger partial charge in [-0.05, 0) is 33.4 Å². The van der Waals surface area contributed by atoms with Crippen LogP contribution in [-0.4, -0.2) is 18.8 Å². The van der Waals surface area contributed by atoms with Crippen LogP contribution in [0, 0.1) is 0 Å². The lowest BCUT2D eigenvalue weighted by Gasteiger charge is -2.20. The molecular weight excluding hydrogens is 440 g/mol. The Morgan fingerprint density at radius 3 is 1.59 bits per heavy atom. The van der Waals surface area contributed by atoms with Crippen molar-refractivity contribution in [2.24, 2.45) is 0 Å². The van der Waals surface area contributed by atoms with Gasteiger partial charge in [-0.3, -0.25) is 0 Å². The topological polar surface area (TPSA) is 18.5 Å². The molecule has 0 bridgehead atoms. The average molecular weight is 469 g/mol. The fourth-order valence-electron chi connectivity index (χ4n) is 3.95. The van der Waals surface area contributed by atoms with Crippen molar-refractivity contribution < 1.29 is 9.47 Å². The van der Waals surface area contributed by atoms with E-state index in [1.165, 1.54) is 5.57 Å². The van der Waals surface area contributed by atoms with Crippen molar-refractivity contribution in [2.75, 3.05) is 13.2 Å². The zero-order valence-electron chi connectivity index (χ0n) is 19.1. The second-order valence-corrected chi connectivity index (χ2v) is 8.46. The summed E-state index contributed by atoms with van der Waals surface area (Å²) in [5, 5.41) is 0. The van der Waals surface area contributed by atoms with E-state index in [0.29, 0.717) is 26.2 Å². The van der Waals surface area contributed by atoms with E-state index in [-0.39, 0.29) is 0 Å². The third-order valence-corrected chi connectivity index (χ3v) is 5.83. The normalized spacial score (nSPS) is 11.7. The maximum atomic E-state index is 6.73. The van der Waals surface area contributed by atoms with E-state index in [1.54, 1.807) is 0 Å². The molecule has 2 nitrogen and oxygen atoms in total. The van der Waals surface area contributed by atoms with Crippen molar-refractivity contribution in [1.29, 1.82) is 0 Å². The second-order valence-electron chi connectivity index (χ2n) is 7.97. The van der Waals surface area contributed by atoms with E-state index in [2.05, 4.69) is 84.9 Å².